The molecule has 136 valence electrons. The Hall–Kier alpha value is -0.980. The van der Waals surface area contributed by atoms with Crippen molar-refractivity contribution in [3.63, 3.8) is 0 Å². The lowest BCUT2D eigenvalue weighted by Gasteiger charge is -2.33. The number of nitrogens with zero attached hydrogens (tertiary/aromatic N) is 1. The molecule has 2 aliphatic heterocycles. The number of alkyl halides is 3. The Bertz CT molecular complexity index is 516. The van der Waals surface area contributed by atoms with Gasteiger partial charge in [-0.3, -0.25) is 4.90 Å². The quantitative estimate of drug-likeness (QED) is 0.883. The van der Waals surface area contributed by atoms with E-state index >= 15 is 0 Å². The molecule has 0 aromatic heterocycles. The van der Waals surface area contributed by atoms with Gasteiger partial charge in [0.25, 0.3) is 0 Å². The molecular weight excluding hydrogens is 341 g/mol. The normalized spacial score (nSPS) is 20.8. The van der Waals surface area contributed by atoms with Crippen molar-refractivity contribution in [1.29, 1.82) is 0 Å². The number of nitrogens with one attached hydrogen (secondary N) is 1. The van der Waals surface area contributed by atoms with Gasteiger partial charge in [-0.15, -0.1) is 12.4 Å². The molecule has 2 saturated heterocycles. The second-order valence-electron chi connectivity index (χ2n) is 6.76. The van der Waals surface area contributed by atoms with Crippen LogP contribution in [0, 0.1) is 5.41 Å². The second kappa shape index (κ2) is 7.93. The first kappa shape index (κ1) is 19.3. The summed E-state index contributed by atoms with van der Waals surface area (Å²) in [5.41, 5.74) is 1.59. The molecule has 2 heterocycles. The third-order valence-electron chi connectivity index (χ3n) is 4.91. The number of piperidine rings is 1. The highest BCUT2D eigenvalue weighted by Gasteiger charge is 2.38. The van der Waals surface area contributed by atoms with Crippen LogP contribution in [0.15, 0.2) is 24.3 Å². The molecule has 0 unspecified atom stereocenters. The molecule has 1 aromatic rings. The fraction of sp³-hybridized carbons (Fsp3) is 0.647. The molecule has 0 amide bonds. The zero-order valence-corrected chi connectivity index (χ0v) is 14.4. The highest BCUT2D eigenvalue weighted by atomic mass is 35.5. The monoisotopic (exact) mass is 364 g/mol. The third kappa shape index (κ3) is 5.26. The SMILES string of the molecule is Cl.FC(F)(F)COc1ccc(CN2CCC3(CCNCC3)C2)cc1. The first-order valence-electron chi connectivity index (χ1n) is 8.16. The lowest BCUT2D eigenvalue weighted by atomic mass is 9.78. The van der Waals surface area contributed by atoms with Gasteiger partial charge in [-0.05, 0) is 62.0 Å². The van der Waals surface area contributed by atoms with Crippen molar-refractivity contribution in [1.82, 2.24) is 10.2 Å². The van der Waals surface area contributed by atoms with E-state index in [-0.39, 0.29) is 18.2 Å². The maximum absolute atomic E-state index is 12.1. The average molecular weight is 365 g/mol. The summed E-state index contributed by atoms with van der Waals surface area (Å²) < 4.78 is 41.1. The minimum atomic E-state index is -4.29. The highest BCUT2D eigenvalue weighted by molar-refractivity contribution is 5.85. The van der Waals surface area contributed by atoms with Crippen LogP contribution in [0.4, 0.5) is 13.2 Å². The van der Waals surface area contributed by atoms with Gasteiger partial charge in [0.2, 0.25) is 0 Å². The second-order valence-corrected chi connectivity index (χ2v) is 6.76. The zero-order chi connectivity index (χ0) is 16.3. The predicted molar refractivity (Wildman–Crippen MR) is 89.7 cm³/mol. The summed E-state index contributed by atoms with van der Waals surface area (Å²) in [6.07, 6.45) is -0.555. The number of likely N-dealkylation sites (tertiary alicyclic amines) is 1. The maximum Gasteiger partial charge on any atom is 0.422 e. The van der Waals surface area contributed by atoms with Gasteiger partial charge in [0, 0.05) is 13.1 Å². The van der Waals surface area contributed by atoms with Crippen molar-refractivity contribution >= 4 is 12.4 Å². The van der Waals surface area contributed by atoms with Crippen LogP contribution in [0.5, 0.6) is 5.75 Å². The van der Waals surface area contributed by atoms with Gasteiger partial charge >= 0.3 is 6.18 Å². The fourth-order valence-electron chi connectivity index (χ4n) is 3.64. The van der Waals surface area contributed by atoms with Crippen molar-refractivity contribution in [2.75, 3.05) is 32.8 Å². The van der Waals surface area contributed by atoms with E-state index in [1.807, 2.05) is 12.1 Å². The van der Waals surface area contributed by atoms with E-state index in [0.717, 1.165) is 38.3 Å². The standard InChI is InChI=1S/C17H23F3N2O.ClH/c18-17(19,20)13-23-15-3-1-14(2-4-15)11-22-10-7-16(12-22)5-8-21-9-6-16;/h1-4,21H,5-13H2;1H. The van der Waals surface area contributed by atoms with Crippen LogP contribution < -0.4 is 10.1 Å². The van der Waals surface area contributed by atoms with Crippen molar-refractivity contribution in [2.45, 2.75) is 32.0 Å². The molecule has 2 fully saturated rings. The molecule has 0 aliphatic carbocycles. The summed E-state index contributed by atoms with van der Waals surface area (Å²) in [5, 5.41) is 3.42. The van der Waals surface area contributed by atoms with Crippen LogP contribution in [0.3, 0.4) is 0 Å². The Morgan fingerprint density at radius 2 is 1.75 bits per heavy atom. The molecule has 2 aliphatic rings. The first-order valence-corrected chi connectivity index (χ1v) is 8.16. The van der Waals surface area contributed by atoms with E-state index in [0.29, 0.717) is 5.41 Å². The van der Waals surface area contributed by atoms with Crippen LogP contribution in [0.1, 0.15) is 24.8 Å². The Kier molecular flexibility index (Phi) is 6.39. The average Bonchev–Trinajstić information content (AvgIpc) is 2.89. The lowest BCUT2D eigenvalue weighted by Crippen LogP contribution is -2.38. The van der Waals surface area contributed by atoms with E-state index < -0.39 is 12.8 Å². The van der Waals surface area contributed by atoms with Crippen LogP contribution >= 0.6 is 12.4 Å². The Labute approximate surface area is 147 Å². The van der Waals surface area contributed by atoms with Crippen LogP contribution in [0.25, 0.3) is 0 Å². The minimum Gasteiger partial charge on any atom is -0.484 e. The fourth-order valence-corrected chi connectivity index (χ4v) is 3.64. The van der Waals surface area contributed by atoms with Gasteiger partial charge in [0.1, 0.15) is 5.75 Å². The molecule has 1 aromatic carbocycles. The van der Waals surface area contributed by atoms with Gasteiger partial charge in [0.15, 0.2) is 6.61 Å². The summed E-state index contributed by atoms with van der Waals surface area (Å²) in [4.78, 5) is 2.46. The number of ether oxygens (including phenoxy) is 1. The summed E-state index contributed by atoms with van der Waals surface area (Å²) in [6.45, 7) is 4.06. The van der Waals surface area contributed by atoms with Crippen LogP contribution in [0.2, 0.25) is 0 Å². The molecular formula is C17H24ClF3N2O. The molecule has 24 heavy (non-hydrogen) atoms. The number of benzene rings is 1. The molecule has 0 saturated carbocycles. The van der Waals surface area contributed by atoms with Crippen molar-refractivity contribution in [2.24, 2.45) is 5.41 Å². The van der Waals surface area contributed by atoms with E-state index in [1.54, 1.807) is 12.1 Å². The van der Waals surface area contributed by atoms with Gasteiger partial charge in [-0.1, -0.05) is 12.1 Å². The van der Waals surface area contributed by atoms with Crippen molar-refractivity contribution in [3.8, 4) is 5.75 Å². The van der Waals surface area contributed by atoms with Crippen molar-refractivity contribution in [3.05, 3.63) is 29.8 Å². The Morgan fingerprint density at radius 3 is 2.38 bits per heavy atom. The Morgan fingerprint density at radius 1 is 1.08 bits per heavy atom. The molecule has 0 atom stereocenters. The number of hydrogen-bond donors (Lipinski definition) is 1. The summed E-state index contributed by atoms with van der Waals surface area (Å²) >= 11 is 0. The molecule has 3 rings (SSSR count). The molecule has 1 spiro atoms. The van der Waals surface area contributed by atoms with Crippen molar-refractivity contribution < 1.29 is 17.9 Å². The summed E-state index contributed by atoms with van der Waals surface area (Å²) in [6, 6.07) is 6.97. The number of rotatable bonds is 4. The topological polar surface area (TPSA) is 24.5 Å². The van der Waals surface area contributed by atoms with E-state index in [4.69, 9.17) is 4.74 Å². The largest absolute Gasteiger partial charge is 0.484 e. The van der Waals surface area contributed by atoms with Gasteiger partial charge in [-0.2, -0.15) is 13.2 Å². The summed E-state index contributed by atoms with van der Waals surface area (Å²) in [5.74, 6) is 0.266. The van der Waals surface area contributed by atoms with Gasteiger partial charge in [-0.25, -0.2) is 0 Å². The van der Waals surface area contributed by atoms with Gasteiger partial charge in [0.05, 0.1) is 0 Å². The van der Waals surface area contributed by atoms with E-state index in [2.05, 4.69) is 10.2 Å². The molecule has 0 radical (unpaired) electrons. The van der Waals surface area contributed by atoms with E-state index in [1.165, 1.54) is 19.3 Å². The first-order chi connectivity index (χ1) is 10.9. The number of halogens is 4. The van der Waals surface area contributed by atoms with E-state index in [9.17, 15) is 13.2 Å². The zero-order valence-electron chi connectivity index (χ0n) is 13.6. The van der Waals surface area contributed by atoms with Crippen LogP contribution in [-0.2, 0) is 6.54 Å². The Balaban J connectivity index is 0.00000208. The lowest BCUT2D eigenvalue weighted by molar-refractivity contribution is -0.153. The third-order valence-corrected chi connectivity index (χ3v) is 4.91. The molecule has 3 nitrogen and oxygen atoms in total. The molecule has 0 bridgehead atoms. The predicted octanol–water partition coefficient (Wildman–Crippen LogP) is 3.63. The van der Waals surface area contributed by atoms with Gasteiger partial charge < -0.3 is 10.1 Å². The molecule has 7 heteroatoms. The number of hydrogen-bond acceptors (Lipinski definition) is 3. The maximum atomic E-state index is 12.1. The summed E-state index contributed by atoms with van der Waals surface area (Å²) in [7, 11) is 0. The molecule has 1 N–H and O–H groups in total. The minimum absolute atomic E-state index is 0. The highest BCUT2D eigenvalue weighted by Crippen LogP contribution is 2.39. The van der Waals surface area contributed by atoms with Crippen LogP contribution in [-0.4, -0.2) is 43.9 Å². The smallest absolute Gasteiger partial charge is 0.422 e.